The molecule has 132 valence electrons. The van der Waals surface area contributed by atoms with Crippen molar-refractivity contribution in [2.24, 2.45) is 0 Å². The summed E-state index contributed by atoms with van der Waals surface area (Å²) in [5, 5.41) is 10.7. The third-order valence-corrected chi connectivity index (χ3v) is 5.38. The van der Waals surface area contributed by atoms with Gasteiger partial charge in [0.2, 0.25) is 5.91 Å². The number of carbonyl (C=O) groups is 1. The van der Waals surface area contributed by atoms with E-state index >= 15 is 0 Å². The molecule has 3 atom stereocenters. The monoisotopic (exact) mass is 332 g/mol. The van der Waals surface area contributed by atoms with Gasteiger partial charge in [0, 0.05) is 13.1 Å². The molecule has 1 aliphatic heterocycles. The molecule has 0 radical (unpaired) electrons. The number of likely N-dealkylation sites (N-methyl/N-ethyl adjacent to an activating group) is 1. The number of benzene rings is 1. The first kappa shape index (κ1) is 17.2. The van der Waals surface area contributed by atoms with Crippen molar-refractivity contribution in [2.45, 2.75) is 50.3 Å². The number of hydrogen-bond donors (Lipinski definition) is 1. The molecule has 2 fully saturated rings. The molecule has 5 nitrogen and oxygen atoms in total. The second-order valence-corrected chi connectivity index (χ2v) is 6.86. The van der Waals surface area contributed by atoms with Gasteiger partial charge in [-0.15, -0.1) is 0 Å². The predicted molar refractivity (Wildman–Crippen MR) is 92.9 cm³/mol. The van der Waals surface area contributed by atoms with E-state index in [1.165, 1.54) is 12.8 Å². The summed E-state index contributed by atoms with van der Waals surface area (Å²) in [5.74, 6) is 0.819. The Balaban J connectivity index is 1.46. The summed E-state index contributed by atoms with van der Waals surface area (Å²) in [4.78, 5) is 16.5. The van der Waals surface area contributed by atoms with E-state index in [0.717, 1.165) is 31.7 Å². The molecule has 2 aliphatic rings. The van der Waals surface area contributed by atoms with Gasteiger partial charge in [-0.2, -0.15) is 0 Å². The second kappa shape index (κ2) is 7.99. The highest BCUT2D eigenvalue weighted by atomic mass is 16.5. The largest absolute Gasteiger partial charge is 0.493 e. The highest BCUT2D eigenvalue weighted by Crippen LogP contribution is 2.30. The van der Waals surface area contributed by atoms with Gasteiger partial charge >= 0.3 is 0 Å². The first-order valence-corrected chi connectivity index (χ1v) is 9.02. The van der Waals surface area contributed by atoms with Gasteiger partial charge in [0.15, 0.2) is 0 Å². The van der Waals surface area contributed by atoms with Crippen molar-refractivity contribution in [3.63, 3.8) is 0 Å². The summed E-state index contributed by atoms with van der Waals surface area (Å²) in [5.41, 5.74) is 0. The van der Waals surface area contributed by atoms with Crippen LogP contribution < -0.4 is 4.74 Å². The maximum absolute atomic E-state index is 12.4. The fraction of sp³-hybridized carbons (Fsp3) is 0.632. The summed E-state index contributed by atoms with van der Waals surface area (Å²) in [7, 11) is 1.81. The van der Waals surface area contributed by atoms with Crippen LogP contribution in [-0.2, 0) is 4.79 Å². The average molecular weight is 332 g/mol. The Morgan fingerprint density at radius 1 is 1.25 bits per heavy atom. The molecule has 1 aromatic carbocycles. The SMILES string of the molecule is CN(C(=O)CCOc1ccccc1)[C@@H]1CC[C@@H](N2CCCC2)[C@@H]1O. The maximum atomic E-state index is 12.4. The predicted octanol–water partition coefficient (Wildman–Crippen LogP) is 1.90. The number of aliphatic hydroxyl groups is 1. The average Bonchev–Trinajstić information content (AvgIpc) is 3.24. The van der Waals surface area contributed by atoms with Gasteiger partial charge in [0.1, 0.15) is 5.75 Å². The standard InChI is InChI=1S/C19H28N2O3/c1-20(18(22)11-14-24-15-7-3-2-4-8-15)16-9-10-17(19(16)23)21-12-5-6-13-21/h2-4,7-8,16-17,19,23H,5-6,9-14H2,1H3/t16-,17-,19-/m1/s1. The second-order valence-electron chi connectivity index (χ2n) is 6.86. The lowest BCUT2D eigenvalue weighted by atomic mass is 10.1. The minimum absolute atomic E-state index is 0.0389. The summed E-state index contributed by atoms with van der Waals surface area (Å²) in [6.45, 7) is 2.53. The zero-order valence-electron chi connectivity index (χ0n) is 14.4. The van der Waals surface area contributed by atoms with E-state index in [0.29, 0.717) is 13.0 Å². The van der Waals surface area contributed by atoms with Crippen molar-refractivity contribution < 1.29 is 14.6 Å². The molecule has 1 saturated heterocycles. The lowest BCUT2D eigenvalue weighted by Crippen LogP contribution is -2.48. The topological polar surface area (TPSA) is 53.0 Å². The zero-order valence-corrected chi connectivity index (χ0v) is 14.4. The zero-order chi connectivity index (χ0) is 16.9. The molecule has 1 amide bonds. The van der Waals surface area contributed by atoms with E-state index in [1.54, 1.807) is 4.90 Å². The first-order chi connectivity index (χ1) is 11.7. The summed E-state index contributed by atoms with van der Waals surface area (Å²) < 4.78 is 5.60. The molecule has 1 saturated carbocycles. The van der Waals surface area contributed by atoms with Crippen molar-refractivity contribution in [1.29, 1.82) is 0 Å². The lowest BCUT2D eigenvalue weighted by molar-refractivity contribution is -0.134. The number of rotatable bonds is 6. The smallest absolute Gasteiger partial charge is 0.226 e. The van der Waals surface area contributed by atoms with E-state index in [4.69, 9.17) is 4.74 Å². The molecule has 1 heterocycles. The number of hydrogen-bond acceptors (Lipinski definition) is 4. The number of likely N-dealkylation sites (tertiary alicyclic amines) is 1. The number of aliphatic hydroxyl groups excluding tert-OH is 1. The molecule has 0 bridgehead atoms. The molecule has 3 rings (SSSR count). The Hall–Kier alpha value is -1.59. The molecule has 5 heteroatoms. The van der Waals surface area contributed by atoms with Crippen molar-refractivity contribution in [3.05, 3.63) is 30.3 Å². The molecule has 1 N–H and O–H groups in total. The highest BCUT2D eigenvalue weighted by Gasteiger charge is 2.41. The van der Waals surface area contributed by atoms with Crippen LogP contribution in [0.5, 0.6) is 5.75 Å². The van der Waals surface area contributed by atoms with Crippen molar-refractivity contribution in [2.75, 3.05) is 26.7 Å². The van der Waals surface area contributed by atoms with Crippen molar-refractivity contribution in [3.8, 4) is 5.75 Å². The number of para-hydroxylation sites is 1. The van der Waals surface area contributed by atoms with E-state index in [1.807, 2.05) is 37.4 Å². The van der Waals surface area contributed by atoms with Crippen molar-refractivity contribution >= 4 is 5.91 Å². The van der Waals surface area contributed by atoms with Gasteiger partial charge < -0.3 is 14.7 Å². The van der Waals surface area contributed by atoms with Crippen LogP contribution in [0.3, 0.4) is 0 Å². The first-order valence-electron chi connectivity index (χ1n) is 9.02. The Labute approximate surface area is 144 Å². The van der Waals surface area contributed by atoms with Crippen LogP contribution in [-0.4, -0.2) is 65.7 Å². The molecular weight excluding hydrogens is 304 g/mol. The highest BCUT2D eigenvalue weighted by molar-refractivity contribution is 5.76. The van der Waals surface area contributed by atoms with Gasteiger partial charge in [0.25, 0.3) is 0 Å². The van der Waals surface area contributed by atoms with Crippen LogP contribution in [0.1, 0.15) is 32.1 Å². The van der Waals surface area contributed by atoms with Crippen LogP contribution in [0.4, 0.5) is 0 Å². The van der Waals surface area contributed by atoms with Crippen LogP contribution in [0.15, 0.2) is 30.3 Å². The quantitative estimate of drug-likeness (QED) is 0.864. The normalized spacial score (nSPS) is 27.3. The molecule has 0 aromatic heterocycles. The van der Waals surface area contributed by atoms with E-state index < -0.39 is 6.10 Å². The summed E-state index contributed by atoms with van der Waals surface area (Å²) in [6, 6.07) is 9.68. The van der Waals surface area contributed by atoms with Crippen LogP contribution in [0, 0.1) is 0 Å². The number of nitrogens with zero attached hydrogens (tertiary/aromatic N) is 2. The molecule has 1 aliphatic carbocycles. The van der Waals surface area contributed by atoms with Crippen molar-refractivity contribution in [1.82, 2.24) is 9.80 Å². The minimum Gasteiger partial charge on any atom is -0.493 e. The molecule has 1 aromatic rings. The Morgan fingerprint density at radius 2 is 1.96 bits per heavy atom. The fourth-order valence-corrected chi connectivity index (χ4v) is 3.97. The van der Waals surface area contributed by atoms with E-state index in [-0.39, 0.29) is 18.0 Å². The third-order valence-electron chi connectivity index (χ3n) is 5.38. The minimum atomic E-state index is -0.438. The Morgan fingerprint density at radius 3 is 2.67 bits per heavy atom. The fourth-order valence-electron chi connectivity index (χ4n) is 3.97. The van der Waals surface area contributed by atoms with Crippen LogP contribution >= 0.6 is 0 Å². The lowest BCUT2D eigenvalue weighted by Gasteiger charge is -2.32. The summed E-state index contributed by atoms with van der Waals surface area (Å²) in [6.07, 6.45) is 4.20. The molecule has 0 spiro atoms. The Bertz CT molecular complexity index is 531. The third kappa shape index (κ3) is 3.90. The Kier molecular flexibility index (Phi) is 5.74. The maximum Gasteiger partial charge on any atom is 0.226 e. The van der Waals surface area contributed by atoms with Gasteiger partial charge in [0.05, 0.1) is 25.2 Å². The molecule has 0 unspecified atom stereocenters. The van der Waals surface area contributed by atoms with Gasteiger partial charge in [-0.3, -0.25) is 9.69 Å². The van der Waals surface area contributed by atoms with E-state index in [9.17, 15) is 9.90 Å². The number of carbonyl (C=O) groups excluding carboxylic acids is 1. The van der Waals surface area contributed by atoms with Gasteiger partial charge in [-0.25, -0.2) is 0 Å². The number of ether oxygens (including phenoxy) is 1. The van der Waals surface area contributed by atoms with Crippen LogP contribution in [0.25, 0.3) is 0 Å². The van der Waals surface area contributed by atoms with Gasteiger partial charge in [-0.05, 0) is 50.9 Å². The summed E-state index contributed by atoms with van der Waals surface area (Å²) >= 11 is 0. The molecule has 24 heavy (non-hydrogen) atoms. The van der Waals surface area contributed by atoms with E-state index in [2.05, 4.69) is 4.90 Å². The van der Waals surface area contributed by atoms with Gasteiger partial charge in [-0.1, -0.05) is 18.2 Å². The number of amides is 1. The molecular formula is C19H28N2O3. The van der Waals surface area contributed by atoms with Crippen LogP contribution in [0.2, 0.25) is 0 Å².